The van der Waals surface area contributed by atoms with Gasteiger partial charge in [0.05, 0.1) is 5.02 Å². The molecule has 106 valence electrons. The van der Waals surface area contributed by atoms with Crippen LogP contribution in [0.2, 0.25) is 5.02 Å². The number of hydrogen-bond acceptors (Lipinski definition) is 3. The van der Waals surface area contributed by atoms with Crippen LogP contribution in [0.5, 0.6) is 0 Å². The third kappa shape index (κ3) is 3.13. The highest BCUT2D eigenvalue weighted by Gasteiger charge is 2.12. The van der Waals surface area contributed by atoms with Crippen molar-refractivity contribution in [3.8, 4) is 11.4 Å². The topological polar surface area (TPSA) is 37.8 Å². The number of benzene rings is 1. The van der Waals surface area contributed by atoms with Crippen molar-refractivity contribution >= 4 is 33.3 Å². The predicted molar refractivity (Wildman–Crippen MR) is 88.5 cm³/mol. The van der Waals surface area contributed by atoms with E-state index in [1.54, 1.807) is 0 Å². The molecule has 0 fully saturated rings. The Morgan fingerprint density at radius 3 is 2.60 bits per heavy atom. The van der Waals surface area contributed by atoms with Crippen LogP contribution in [0.15, 0.2) is 22.7 Å². The van der Waals surface area contributed by atoms with Gasteiger partial charge in [-0.25, -0.2) is 9.97 Å². The van der Waals surface area contributed by atoms with E-state index in [1.807, 2.05) is 25.1 Å². The van der Waals surface area contributed by atoms with Gasteiger partial charge in [0.15, 0.2) is 5.82 Å². The Morgan fingerprint density at radius 1 is 1.25 bits per heavy atom. The summed E-state index contributed by atoms with van der Waals surface area (Å²) >= 11 is 9.54. The summed E-state index contributed by atoms with van der Waals surface area (Å²) in [6.45, 7) is 7.03. The van der Waals surface area contributed by atoms with Gasteiger partial charge in [0.25, 0.3) is 0 Å². The molecule has 2 rings (SSSR count). The van der Waals surface area contributed by atoms with E-state index >= 15 is 0 Å². The third-order valence-corrected chi connectivity index (χ3v) is 4.32. The molecule has 1 heterocycles. The number of aromatic nitrogens is 2. The van der Waals surface area contributed by atoms with E-state index in [-0.39, 0.29) is 0 Å². The molecule has 3 nitrogen and oxygen atoms in total. The van der Waals surface area contributed by atoms with Crippen LogP contribution in [-0.4, -0.2) is 16.5 Å². The van der Waals surface area contributed by atoms with Gasteiger partial charge >= 0.3 is 0 Å². The average Bonchev–Trinajstić information content (AvgIpc) is 2.42. The van der Waals surface area contributed by atoms with Crippen LogP contribution in [0.25, 0.3) is 11.4 Å². The predicted octanol–water partition coefficient (Wildman–Crippen LogP) is 4.86. The first-order valence-electron chi connectivity index (χ1n) is 6.63. The fraction of sp³-hybridized carbons (Fsp3) is 0.333. The van der Waals surface area contributed by atoms with Gasteiger partial charge in [0, 0.05) is 27.8 Å². The molecule has 0 saturated heterocycles. The molecule has 0 radical (unpaired) electrons. The molecule has 0 atom stereocenters. The zero-order valence-corrected chi connectivity index (χ0v) is 14.1. The first kappa shape index (κ1) is 15.3. The van der Waals surface area contributed by atoms with Gasteiger partial charge in [-0.3, -0.25) is 0 Å². The molecule has 0 spiro atoms. The van der Waals surface area contributed by atoms with Crippen LogP contribution in [0.4, 0.5) is 5.82 Å². The average molecular weight is 355 g/mol. The van der Waals surface area contributed by atoms with Gasteiger partial charge in [-0.05, 0) is 54.4 Å². The lowest BCUT2D eigenvalue weighted by atomic mass is 10.1. The van der Waals surface area contributed by atoms with E-state index in [4.69, 9.17) is 11.6 Å². The van der Waals surface area contributed by atoms with Crippen molar-refractivity contribution in [3.05, 3.63) is 39.0 Å². The molecule has 20 heavy (non-hydrogen) atoms. The number of hydrogen-bond donors (Lipinski definition) is 1. The number of nitrogens with zero attached hydrogens (tertiary/aromatic N) is 2. The minimum atomic E-state index is 0.660. The first-order valence-corrected chi connectivity index (χ1v) is 7.80. The van der Waals surface area contributed by atoms with Gasteiger partial charge in [0.2, 0.25) is 0 Å². The zero-order chi connectivity index (χ0) is 14.7. The van der Waals surface area contributed by atoms with Crippen molar-refractivity contribution in [2.75, 3.05) is 11.9 Å². The lowest BCUT2D eigenvalue weighted by molar-refractivity contribution is 0.989. The van der Waals surface area contributed by atoms with Crippen LogP contribution < -0.4 is 5.32 Å². The summed E-state index contributed by atoms with van der Waals surface area (Å²) in [5.74, 6) is 1.61. The number of aryl methyl sites for hydroxylation is 1. The number of nitrogens with one attached hydrogen (secondary N) is 1. The smallest absolute Gasteiger partial charge is 0.161 e. The lowest BCUT2D eigenvalue weighted by Crippen LogP contribution is -2.08. The molecule has 0 aliphatic rings. The lowest BCUT2D eigenvalue weighted by Gasteiger charge is -2.13. The van der Waals surface area contributed by atoms with Crippen LogP contribution in [0.1, 0.15) is 25.1 Å². The Kier molecular flexibility index (Phi) is 5.00. The second-order valence-electron chi connectivity index (χ2n) is 4.47. The summed E-state index contributed by atoms with van der Waals surface area (Å²) in [5, 5.41) is 3.97. The fourth-order valence-corrected chi connectivity index (χ4v) is 2.52. The third-order valence-electron chi connectivity index (χ3n) is 3.09. The standard InChI is InChI=1S/C15H17BrClN3/c1-4-11-9(3)19-14(20-15(11)18-5-2)10-6-7-12(16)13(17)8-10/h6-8H,4-5H2,1-3H3,(H,18,19,20). The zero-order valence-electron chi connectivity index (χ0n) is 11.8. The fourth-order valence-electron chi connectivity index (χ4n) is 2.10. The Morgan fingerprint density at radius 2 is 2.00 bits per heavy atom. The molecule has 0 aliphatic heterocycles. The van der Waals surface area contributed by atoms with E-state index in [1.165, 1.54) is 5.56 Å². The van der Waals surface area contributed by atoms with Crippen LogP contribution >= 0.6 is 27.5 Å². The molecule has 0 saturated carbocycles. The molecule has 1 aromatic carbocycles. The summed E-state index contributed by atoms with van der Waals surface area (Å²) < 4.78 is 0.872. The van der Waals surface area contributed by atoms with E-state index in [2.05, 4.69) is 45.1 Å². The summed E-state index contributed by atoms with van der Waals surface area (Å²) in [5.41, 5.74) is 3.09. The van der Waals surface area contributed by atoms with Crippen molar-refractivity contribution in [2.45, 2.75) is 27.2 Å². The Labute approximate surface area is 132 Å². The van der Waals surface area contributed by atoms with Crippen molar-refractivity contribution in [2.24, 2.45) is 0 Å². The van der Waals surface area contributed by atoms with Crippen molar-refractivity contribution in [1.29, 1.82) is 0 Å². The highest BCUT2D eigenvalue weighted by Crippen LogP contribution is 2.29. The maximum absolute atomic E-state index is 6.14. The van der Waals surface area contributed by atoms with Gasteiger partial charge in [-0.2, -0.15) is 0 Å². The molecule has 0 aliphatic carbocycles. The van der Waals surface area contributed by atoms with Crippen LogP contribution in [-0.2, 0) is 6.42 Å². The summed E-state index contributed by atoms with van der Waals surface area (Å²) in [7, 11) is 0. The minimum absolute atomic E-state index is 0.660. The second-order valence-corrected chi connectivity index (χ2v) is 5.73. The Hall–Kier alpha value is -1.13. The van der Waals surface area contributed by atoms with E-state index in [0.29, 0.717) is 10.8 Å². The second kappa shape index (κ2) is 6.55. The molecule has 0 amide bonds. The summed E-state index contributed by atoms with van der Waals surface area (Å²) in [6.07, 6.45) is 0.912. The maximum atomic E-state index is 6.14. The summed E-state index contributed by atoms with van der Waals surface area (Å²) in [6, 6.07) is 5.75. The number of halogens is 2. The van der Waals surface area contributed by atoms with Gasteiger partial charge in [-0.1, -0.05) is 18.5 Å². The van der Waals surface area contributed by atoms with E-state index in [9.17, 15) is 0 Å². The van der Waals surface area contributed by atoms with Crippen molar-refractivity contribution in [3.63, 3.8) is 0 Å². The number of anilines is 1. The minimum Gasteiger partial charge on any atom is -0.370 e. The van der Waals surface area contributed by atoms with Crippen molar-refractivity contribution < 1.29 is 0 Å². The number of rotatable bonds is 4. The van der Waals surface area contributed by atoms with E-state index in [0.717, 1.165) is 34.5 Å². The highest BCUT2D eigenvalue weighted by atomic mass is 79.9. The molecule has 1 aromatic heterocycles. The van der Waals surface area contributed by atoms with E-state index < -0.39 is 0 Å². The SMILES string of the molecule is CCNc1nc(-c2ccc(Br)c(Cl)c2)nc(C)c1CC. The van der Waals surface area contributed by atoms with Gasteiger partial charge in [0.1, 0.15) is 5.82 Å². The van der Waals surface area contributed by atoms with Gasteiger partial charge in [-0.15, -0.1) is 0 Å². The molecule has 0 unspecified atom stereocenters. The first-order chi connectivity index (χ1) is 9.56. The Balaban J connectivity index is 2.54. The largest absolute Gasteiger partial charge is 0.370 e. The molecule has 1 N–H and O–H groups in total. The molecule has 2 aromatic rings. The van der Waals surface area contributed by atoms with Crippen LogP contribution in [0.3, 0.4) is 0 Å². The maximum Gasteiger partial charge on any atom is 0.161 e. The molecular formula is C15H17BrClN3. The van der Waals surface area contributed by atoms with Crippen LogP contribution in [0, 0.1) is 6.92 Å². The molecule has 0 bridgehead atoms. The molecular weight excluding hydrogens is 338 g/mol. The molecule has 5 heteroatoms. The quantitative estimate of drug-likeness (QED) is 0.852. The highest BCUT2D eigenvalue weighted by molar-refractivity contribution is 9.10. The van der Waals surface area contributed by atoms with Gasteiger partial charge < -0.3 is 5.32 Å². The Bertz CT molecular complexity index is 629. The van der Waals surface area contributed by atoms with Crippen molar-refractivity contribution in [1.82, 2.24) is 9.97 Å². The monoisotopic (exact) mass is 353 g/mol. The normalized spacial score (nSPS) is 10.7. The summed E-state index contributed by atoms with van der Waals surface area (Å²) in [4.78, 5) is 9.24.